The van der Waals surface area contributed by atoms with Crippen molar-refractivity contribution in [1.29, 1.82) is 5.26 Å². The molecular weight excluding hydrogens is 300 g/mol. The molecule has 0 aromatic heterocycles. The van der Waals surface area contributed by atoms with Crippen LogP contribution in [0.2, 0.25) is 0 Å². The van der Waals surface area contributed by atoms with E-state index in [0.717, 1.165) is 10.9 Å². The fourth-order valence-electron chi connectivity index (χ4n) is 2.43. The SMILES string of the molecule is N#Cc1ccccc1OCC(=O)NCc1ccc2ccccc2c1. The molecule has 24 heavy (non-hydrogen) atoms. The van der Waals surface area contributed by atoms with Crippen LogP contribution in [0, 0.1) is 11.3 Å². The van der Waals surface area contributed by atoms with Crippen LogP contribution in [0.5, 0.6) is 5.75 Å². The third-order valence-corrected chi connectivity index (χ3v) is 3.67. The number of rotatable bonds is 5. The van der Waals surface area contributed by atoms with Crippen molar-refractivity contribution in [3.8, 4) is 11.8 Å². The van der Waals surface area contributed by atoms with Gasteiger partial charge in [0.2, 0.25) is 0 Å². The van der Waals surface area contributed by atoms with E-state index in [1.54, 1.807) is 24.3 Å². The number of nitrogens with one attached hydrogen (secondary N) is 1. The summed E-state index contributed by atoms with van der Waals surface area (Å²) in [5.74, 6) is 0.191. The molecule has 3 aromatic carbocycles. The molecule has 0 radical (unpaired) electrons. The topological polar surface area (TPSA) is 62.1 Å². The zero-order valence-electron chi connectivity index (χ0n) is 13.0. The van der Waals surface area contributed by atoms with Gasteiger partial charge in [-0.2, -0.15) is 5.26 Å². The Morgan fingerprint density at radius 2 is 1.75 bits per heavy atom. The molecule has 0 aliphatic rings. The highest BCUT2D eigenvalue weighted by Crippen LogP contribution is 2.17. The van der Waals surface area contributed by atoms with Gasteiger partial charge in [-0.3, -0.25) is 4.79 Å². The van der Waals surface area contributed by atoms with Crippen LogP contribution in [-0.2, 0) is 11.3 Å². The molecule has 4 nitrogen and oxygen atoms in total. The van der Waals surface area contributed by atoms with Crippen molar-refractivity contribution in [3.05, 3.63) is 77.9 Å². The first-order valence-corrected chi connectivity index (χ1v) is 7.62. The number of para-hydroxylation sites is 1. The van der Waals surface area contributed by atoms with Crippen LogP contribution in [0.4, 0.5) is 0 Å². The van der Waals surface area contributed by atoms with Crippen LogP contribution in [-0.4, -0.2) is 12.5 Å². The van der Waals surface area contributed by atoms with E-state index in [2.05, 4.69) is 17.4 Å². The molecule has 1 N–H and O–H groups in total. The highest BCUT2D eigenvalue weighted by molar-refractivity contribution is 5.83. The van der Waals surface area contributed by atoms with Crippen LogP contribution in [0.15, 0.2) is 66.7 Å². The summed E-state index contributed by atoms with van der Waals surface area (Å²) in [6.45, 7) is 0.319. The van der Waals surface area contributed by atoms with Gasteiger partial charge in [0.25, 0.3) is 5.91 Å². The number of fused-ring (bicyclic) bond motifs is 1. The molecule has 3 rings (SSSR count). The van der Waals surface area contributed by atoms with E-state index in [0.29, 0.717) is 17.9 Å². The monoisotopic (exact) mass is 316 g/mol. The van der Waals surface area contributed by atoms with Gasteiger partial charge in [-0.1, -0.05) is 48.5 Å². The lowest BCUT2D eigenvalue weighted by Crippen LogP contribution is -2.28. The number of hydrogen-bond donors (Lipinski definition) is 1. The summed E-state index contributed by atoms with van der Waals surface area (Å²) in [4.78, 5) is 11.9. The number of benzene rings is 3. The molecule has 1 amide bonds. The summed E-state index contributed by atoms with van der Waals surface area (Å²) in [6, 6.07) is 23.1. The summed E-state index contributed by atoms with van der Waals surface area (Å²) in [7, 11) is 0. The van der Waals surface area contributed by atoms with Gasteiger partial charge in [-0.25, -0.2) is 0 Å². The predicted molar refractivity (Wildman–Crippen MR) is 92.4 cm³/mol. The minimum atomic E-state index is -0.226. The second-order valence-corrected chi connectivity index (χ2v) is 5.35. The lowest BCUT2D eigenvalue weighted by Gasteiger charge is -2.09. The van der Waals surface area contributed by atoms with Gasteiger partial charge in [-0.15, -0.1) is 0 Å². The van der Waals surface area contributed by atoms with Gasteiger partial charge in [-0.05, 0) is 34.5 Å². The third kappa shape index (κ3) is 3.71. The lowest BCUT2D eigenvalue weighted by molar-refractivity contribution is -0.123. The average molecular weight is 316 g/mol. The van der Waals surface area contributed by atoms with Crippen LogP contribution < -0.4 is 10.1 Å². The molecule has 0 aliphatic carbocycles. The zero-order valence-corrected chi connectivity index (χ0v) is 13.0. The Kier molecular flexibility index (Phi) is 4.73. The van der Waals surface area contributed by atoms with Crippen LogP contribution in [0.25, 0.3) is 10.8 Å². The van der Waals surface area contributed by atoms with Crippen molar-refractivity contribution in [2.45, 2.75) is 6.54 Å². The number of carbonyl (C=O) groups excluding carboxylic acids is 1. The number of nitriles is 1. The molecule has 0 saturated carbocycles. The molecule has 4 heteroatoms. The summed E-state index contributed by atoms with van der Waals surface area (Å²) in [5.41, 5.74) is 1.44. The fraction of sp³-hybridized carbons (Fsp3) is 0.100. The molecule has 0 aliphatic heterocycles. The van der Waals surface area contributed by atoms with E-state index in [9.17, 15) is 4.79 Å². The highest BCUT2D eigenvalue weighted by Gasteiger charge is 2.06. The Morgan fingerprint density at radius 1 is 1.00 bits per heavy atom. The number of hydrogen-bond acceptors (Lipinski definition) is 3. The van der Waals surface area contributed by atoms with Gasteiger partial charge in [0, 0.05) is 6.54 Å². The first-order chi connectivity index (χ1) is 11.8. The van der Waals surface area contributed by atoms with E-state index < -0.39 is 0 Å². The lowest BCUT2D eigenvalue weighted by atomic mass is 10.1. The Labute approximate surface area is 140 Å². The summed E-state index contributed by atoms with van der Waals surface area (Å²) < 4.78 is 5.41. The van der Waals surface area contributed by atoms with E-state index in [4.69, 9.17) is 10.00 Å². The van der Waals surface area contributed by atoms with Gasteiger partial charge in [0.1, 0.15) is 11.8 Å². The molecular formula is C20H16N2O2. The largest absolute Gasteiger partial charge is 0.482 e. The maximum Gasteiger partial charge on any atom is 0.258 e. The summed E-state index contributed by atoms with van der Waals surface area (Å²) >= 11 is 0. The number of carbonyl (C=O) groups is 1. The predicted octanol–water partition coefficient (Wildman–Crippen LogP) is 3.41. The average Bonchev–Trinajstić information content (AvgIpc) is 2.64. The van der Waals surface area contributed by atoms with Crippen molar-refractivity contribution < 1.29 is 9.53 Å². The molecule has 0 bridgehead atoms. The Morgan fingerprint density at radius 3 is 2.58 bits per heavy atom. The zero-order chi connectivity index (χ0) is 16.8. The second kappa shape index (κ2) is 7.30. The Bertz CT molecular complexity index is 913. The number of ether oxygens (including phenoxy) is 1. The first-order valence-electron chi connectivity index (χ1n) is 7.62. The maximum absolute atomic E-state index is 11.9. The number of nitrogens with zero attached hydrogens (tertiary/aromatic N) is 1. The minimum Gasteiger partial charge on any atom is -0.482 e. The highest BCUT2D eigenvalue weighted by atomic mass is 16.5. The normalized spacial score (nSPS) is 10.1. The molecule has 118 valence electrons. The van der Waals surface area contributed by atoms with Crippen molar-refractivity contribution in [2.24, 2.45) is 0 Å². The standard InChI is InChI=1S/C20H16N2O2/c21-12-18-7-3-4-8-19(18)24-14-20(23)22-13-15-9-10-16-5-1-2-6-17(16)11-15/h1-11H,13-14H2,(H,22,23). The van der Waals surface area contributed by atoms with E-state index in [1.807, 2.05) is 36.4 Å². The second-order valence-electron chi connectivity index (χ2n) is 5.35. The summed E-state index contributed by atoms with van der Waals surface area (Å²) in [6.07, 6.45) is 0. The van der Waals surface area contributed by atoms with Crippen LogP contribution >= 0.6 is 0 Å². The van der Waals surface area contributed by atoms with Crippen molar-refractivity contribution >= 4 is 16.7 Å². The quantitative estimate of drug-likeness (QED) is 0.784. The number of amides is 1. The third-order valence-electron chi connectivity index (χ3n) is 3.67. The smallest absolute Gasteiger partial charge is 0.258 e. The molecule has 0 spiro atoms. The molecule has 0 unspecified atom stereocenters. The van der Waals surface area contributed by atoms with Gasteiger partial charge in [0.15, 0.2) is 6.61 Å². The first kappa shape index (κ1) is 15.6. The molecule has 0 fully saturated rings. The van der Waals surface area contributed by atoms with Crippen LogP contribution in [0.3, 0.4) is 0 Å². The van der Waals surface area contributed by atoms with E-state index in [1.165, 1.54) is 5.39 Å². The minimum absolute atomic E-state index is 0.119. The van der Waals surface area contributed by atoms with Gasteiger partial charge in [0.05, 0.1) is 5.56 Å². The Hall–Kier alpha value is -3.32. The fourth-order valence-corrected chi connectivity index (χ4v) is 2.43. The van der Waals surface area contributed by atoms with Gasteiger partial charge >= 0.3 is 0 Å². The summed E-state index contributed by atoms with van der Waals surface area (Å²) in [5, 5.41) is 14.1. The molecule has 0 heterocycles. The molecule has 0 atom stereocenters. The van der Waals surface area contributed by atoms with E-state index >= 15 is 0 Å². The van der Waals surface area contributed by atoms with Crippen molar-refractivity contribution in [3.63, 3.8) is 0 Å². The molecule has 3 aromatic rings. The van der Waals surface area contributed by atoms with Crippen LogP contribution in [0.1, 0.15) is 11.1 Å². The van der Waals surface area contributed by atoms with Crippen molar-refractivity contribution in [1.82, 2.24) is 5.32 Å². The Balaban J connectivity index is 1.56. The molecule has 0 saturated heterocycles. The van der Waals surface area contributed by atoms with Crippen molar-refractivity contribution in [2.75, 3.05) is 6.61 Å². The van der Waals surface area contributed by atoms with Gasteiger partial charge < -0.3 is 10.1 Å². The maximum atomic E-state index is 11.9. The van der Waals surface area contributed by atoms with E-state index in [-0.39, 0.29) is 12.5 Å².